The molecule has 0 rings (SSSR count). The van der Waals surface area contributed by atoms with Gasteiger partial charge in [-0.3, -0.25) is 4.79 Å². The van der Waals surface area contributed by atoms with Gasteiger partial charge in [-0.05, 0) is 6.42 Å². The van der Waals surface area contributed by atoms with Crippen LogP contribution in [0.15, 0.2) is 0 Å². The van der Waals surface area contributed by atoms with E-state index in [0.717, 1.165) is 0 Å². The lowest BCUT2D eigenvalue weighted by Crippen LogP contribution is -2.47. The van der Waals surface area contributed by atoms with Gasteiger partial charge in [0, 0.05) is 27.3 Å². The Balaban J connectivity index is 4.23. The molecule has 0 aliphatic rings. The Morgan fingerprint density at radius 1 is 1.33 bits per heavy atom. The highest BCUT2D eigenvalue weighted by atomic mass is 16.5. The van der Waals surface area contributed by atoms with Crippen LogP contribution in [0, 0.1) is 0 Å². The summed E-state index contributed by atoms with van der Waals surface area (Å²) in [5.41, 5.74) is 0. The van der Waals surface area contributed by atoms with Crippen LogP contribution in [0.5, 0.6) is 0 Å². The molecule has 0 spiro atoms. The molecule has 0 aromatic carbocycles. The molecule has 104 valence electrons. The molecule has 18 heavy (non-hydrogen) atoms. The van der Waals surface area contributed by atoms with E-state index in [2.05, 4.69) is 5.32 Å². The molecule has 2 amide bonds. The number of carboxylic acids is 2. The minimum Gasteiger partial charge on any atom is -0.481 e. The summed E-state index contributed by atoms with van der Waals surface area (Å²) in [6.45, 7) is 0.869. The smallest absolute Gasteiger partial charge is 0.326 e. The summed E-state index contributed by atoms with van der Waals surface area (Å²) in [6, 6.07) is -2.06. The first-order chi connectivity index (χ1) is 8.38. The first-order valence-electron chi connectivity index (χ1n) is 5.33. The third kappa shape index (κ3) is 6.69. The molecular formula is C10H18N2O6. The van der Waals surface area contributed by atoms with Gasteiger partial charge in [0.1, 0.15) is 6.04 Å². The predicted molar refractivity (Wildman–Crippen MR) is 61.3 cm³/mol. The summed E-state index contributed by atoms with van der Waals surface area (Å²) in [4.78, 5) is 34.0. The van der Waals surface area contributed by atoms with Crippen LogP contribution in [0.3, 0.4) is 0 Å². The fraction of sp³-hybridized carbons (Fsp3) is 0.700. The van der Waals surface area contributed by atoms with E-state index in [1.807, 2.05) is 0 Å². The number of nitrogens with one attached hydrogen (secondary N) is 1. The maximum absolute atomic E-state index is 11.6. The lowest BCUT2D eigenvalue weighted by molar-refractivity contribution is -0.145. The number of aliphatic carboxylic acids is 2. The summed E-state index contributed by atoms with van der Waals surface area (Å²) in [5, 5.41) is 19.4. The maximum atomic E-state index is 11.6. The lowest BCUT2D eigenvalue weighted by Gasteiger charge is -2.20. The monoisotopic (exact) mass is 262 g/mol. The van der Waals surface area contributed by atoms with Gasteiger partial charge in [-0.2, -0.15) is 0 Å². The third-order valence-electron chi connectivity index (χ3n) is 2.16. The normalized spacial score (nSPS) is 11.7. The van der Waals surface area contributed by atoms with E-state index in [0.29, 0.717) is 19.6 Å². The number of carbonyl (C=O) groups excluding carboxylic acids is 1. The maximum Gasteiger partial charge on any atom is 0.326 e. The number of nitrogens with zero attached hydrogens (tertiary/aromatic N) is 1. The van der Waals surface area contributed by atoms with Crippen molar-refractivity contribution in [2.75, 3.05) is 27.3 Å². The molecule has 1 unspecified atom stereocenters. The molecule has 0 heterocycles. The fourth-order valence-electron chi connectivity index (χ4n) is 1.18. The summed E-state index contributed by atoms with van der Waals surface area (Å²) in [6.07, 6.45) is -0.0515. The molecule has 0 aliphatic heterocycles. The Morgan fingerprint density at radius 3 is 2.39 bits per heavy atom. The van der Waals surface area contributed by atoms with Gasteiger partial charge in [-0.25, -0.2) is 9.59 Å². The molecular weight excluding hydrogens is 244 g/mol. The Kier molecular flexibility index (Phi) is 7.45. The molecule has 0 aromatic rings. The van der Waals surface area contributed by atoms with Gasteiger partial charge >= 0.3 is 18.0 Å². The minimum absolute atomic E-state index is 0.388. The number of rotatable bonds is 8. The third-order valence-corrected chi connectivity index (χ3v) is 2.16. The van der Waals surface area contributed by atoms with Gasteiger partial charge in [0.15, 0.2) is 0 Å². The second-order valence-corrected chi connectivity index (χ2v) is 3.71. The molecule has 3 N–H and O–H groups in total. The zero-order chi connectivity index (χ0) is 14.1. The molecule has 0 aromatic heterocycles. The van der Waals surface area contributed by atoms with Gasteiger partial charge in [0.2, 0.25) is 0 Å². The quantitative estimate of drug-likeness (QED) is 0.512. The average molecular weight is 262 g/mol. The fourth-order valence-corrected chi connectivity index (χ4v) is 1.18. The number of carbonyl (C=O) groups is 3. The largest absolute Gasteiger partial charge is 0.481 e. The minimum atomic E-state index is -1.43. The van der Waals surface area contributed by atoms with Crippen LogP contribution < -0.4 is 5.32 Å². The number of hydrogen-bond donors (Lipinski definition) is 3. The summed E-state index contributed by atoms with van der Waals surface area (Å²) in [7, 11) is 3.03. The lowest BCUT2D eigenvalue weighted by atomic mass is 10.2. The van der Waals surface area contributed by atoms with Gasteiger partial charge in [-0.1, -0.05) is 0 Å². The van der Waals surface area contributed by atoms with Crippen molar-refractivity contribution >= 4 is 18.0 Å². The predicted octanol–water partition coefficient (Wildman–Crippen LogP) is -0.408. The van der Waals surface area contributed by atoms with Crippen molar-refractivity contribution in [3.05, 3.63) is 0 Å². The molecule has 8 heteroatoms. The van der Waals surface area contributed by atoms with Crippen molar-refractivity contribution in [1.82, 2.24) is 10.2 Å². The summed E-state index contributed by atoms with van der Waals surface area (Å²) in [5.74, 6) is -2.67. The van der Waals surface area contributed by atoms with Gasteiger partial charge in [-0.15, -0.1) is 0 Å². The Labute approximate surface area is 105 Å². The Bertz CT molecular complexity index is 307. The second-order valence-electron chi connectivity index (χ2n) is 3.71. The Morgan fingerprint density at radius 2 is 1.94 bits per heavy atom. The van der Waals surface area contributed by atoms with Gasteiger partial charge in [0.05, 0.1) is 6.42 Å². The molecule has 8 nitrogen and oxygen atoms in total. The molecule has 0 saturated carbocycles. The van der Waals surface area contributed by atoms with E-state index in [4.69, 9.17) is 14.9 Å². The highest BCUT2D eigenvalue weighted by Crippen LogP contribution is 1.96. The van der Waals surface area contributed by atoms with Crippen LogP contribution in [0.4, 0.5) is 4.79 Å². The standard InChI is InChI=1S/C10H18N2O6/c1-12(4-3-5-18-2)10(17)11-7(9(15)16)6-8(13)14/h7H,3-6H2,1-2H3,(H,11,17)(H,13,14)(H,15,16). The average Bonchev–Trinajstić information content (AvgIpc) is 2.27. The topological polar surface area (TPSA) is 116 Å². The SMILES string of the molecule is COCCCN(C)C(=O)NC(CC(=O)O)C(=O)O. The molecule has 0 fully saturated rings. The van der Waals surface area contributed by atoms with Crippen molar-refractivity contribution in [3.63, 3.8) is 0 Å². The van der Waals surface area contributed by atoms with E-state index >= 15 is 0 Å². The van der Waals surface area contributed by atoms with Crippen LogP contribution in [0.2, 0.25) is 0 Å². The number of methoxy groups -OCH3 is 1. The number of hydrogen-bond acceptors (Lipinski definition) is 4. The first-order valence-corrected chi connectivity index (χ1v) is 5.33. The number of carboxylic acid groups (broad SMARTS) is 2. The highest BCUT2D eigenvalue weighted by molar-refractivity contribution is 5.86. The molecule has 1 atom stereocenters. The van der Waals surface area contributed by atoms with Crippen LogP contribution in [0.1, 0.15) is 12.8 Å². The number of amides is 2. The summed E-state index contributed by atoms with van der Waals surface area (Å²) >= 11 is 0. The number of ether oxygens (including phenoxy) is 1. The van der Waals surface area contributed by atoms with E-state index in [1.54, 1.807) is 0 Å². The van der Waals surface area contributed by atoms with E-state index in [9.17, 15) is 14.4 Å². The zero-order valence-corrected chi connectivity index (χ0v) is 10.4. The van der Waals surface area contributed by atoms with Gasteiger partial charge in [0.25, 0.3) is 0 Å². The molecule has 0 saturated heterocycles. The second kappa shape index (κ2) is 8.29. The van der Waals surface area contributed by atoms with Crippen LogP contribution >= 0.6 is 0 Å². The number of urea groups is 1. The van der Waals surface area contributed by atoms with Crippen molar-refractivity contribution in [2.24, 2.45) is 0 Å². The molecule has 0 radical (unpaired) electrons. The first kappa shape index (κ1) is 16.2. The van der Waals surface area contributed by atoms with Crippen molar-refractivity contribution in [1.29, 1.82) is 0 Å². The van der Waals surface area contributed by atoms with E-state index in [1.165, 1.54) is 19.1 Å². The molecule has 0 aliphatic carbocycles. The van der Waals surface area contributed by atoms with Crippen molar-refractivity contribution in [2.45, 2.75) is 18.9 Å². The van der Waals surface area contributed by atoms with Crippen LogP contribution in [0.25, 0.3) is 0 Å². The van der Waals surface area contributed by atoms with Crippen LogP contribution in [-0.2, 0) is 14.3 Å². The van der Waals surface area contributed by atoms with Gasteiger partial charge < -0.3 is 25.2 Å². The van der Waals surface area contributed by atoms with Crippen molar-refractivity contribution < 1.29 is 29.3 Å². The summed E-state index contributed by atoms with van der Waals surface area (Å²) < 4.78 is 4.81. The van der Waals surface area contributed by atoms with Crippen molar-refractivity contribution in [3.8, 4) is 0 Å². The van der Waals surface area contributed by atoms with E-state index in [-0.39, 0.29) is 0 Å². The molecule has 0 bridgehead atoms. The highest BCUT2D eigenvalue weighted by Gasteiger charge is 2.24. The zero-order valence-electron chi connectivity index (χ0n) is 10.4. The van der Waals surface area contributed by atoms with Crippen LogP contribution in [-0.4, -0.2) is 66.4 Å². The van der Waals surface area contributed by atoms with E-state index < -0.39 is 30.4 Å². The Hall–Kier alpha value is -1.83.